The second kappa shape index (κ2) is 7.52. The lowest BCUT2D eigenvalue weighted by Crippen LogP contribution is -2.36. The van der Waals surface area contributed by atoms with Gasteiger partial charge in [-0.3, -0.25) is 9.59 Å². The molecule has 26 heavy (non-hydrogen) atoms. The van der Waals surface area contributed by atoms with Gasteiger partial charge in [0.2, 0.25) is 5.91 Å². The van der Waals surface area contributed by atoms with Gasteiger partial charge in [0.25, 0.3) is 5.91 Å². The molecule has 0 aliphatic carbocycles. The van der Waals surface area contributed by atoms with Crippen LogP contribution in [0.4, 0.5) is 11.4 Å². The molecule has 2 aromatic carbocycles. The monoisotopic (exact) mass is 349 g/mol. The van der Waals surface area contributed by atoms with E-state index in [9.17, 15) is 9.59 Å². The maximum atomic E-state index is 12.5. The lowest BCUT2D eigenvalue weighted by molar-refractivity contribution is -0.118. The maximum absolute atomic E-state index is 12.5. The number of rotatable bonds is 4. The first-order valence-electron chi connectivity index (χ1n) is 8.82. The van der Waals surface area contributed by atoms with E-state index in [2.05, 4.69) is 24.3 Å². The standard InChI is InChI=1S/C21H23N3O2/c1-14(2)16-6-8-17(9-7-16)22-21(26)19-12-13-20(25)24(23-19)18-10-4-15(3)5-11-18/h4-11,14H,12-13H2,1-3H3,(H,22,26). The number of hydrogen-bond donors (Lipinski definition) is 1. The fraction of sp³-hybridized carbons (Fsp3) is 0.286. The van der Waals surface area contributed by atoms with E-state index in [1.165, 1.54) is 10.6 Å². The Kier molecular flexibility index (Phi) is 5.16. The number of nitrogens with one attached hydrogen (secondary N) is 1. The minimum Gasteiger partial charge on any atom is -0.321 e. The Labute approximate surface area is 153 Å². The van der Waals surface area contributed by atoms with Crippen LogP contribution in [0.15, 0.2) is 53.6 Å². The van der Waals surface area contributed by atoms with Crippen LogP contribution in [-0.2, 0) is 9.59 Å². The van der Waals surface area contributed by atoms with Crippen LogP contribution in [0.3, 0.4) is 0 Å². The van der Waals surface area contributed by atoms with Crippen molar-refractivity contribution in [3.8, 4) is 0 Å². The summed E-state index contributed by atoms with van der Waals surface area (Å²) in [5.41, 5.74) is 4.07. The summed E-state index contributed by atoms with van der Waals surface area (Å²) in [6.07, 6.45) is 0.615. The van der Waals surface area contributed by atoms with Crippen LogP contribution in [0.25, 0.3) is 0 Å². The van der Waals surface area contributed by atoms with Crippen LogP contribution in [-0.4, -0.2) is 17.5 Å². The highest BCUT2D eigenvalue weighted by Crippen LogP contribution is 2.22. The zero-order chi connectivity index (χ0) is 18.7. The van der Waals surface area contributed by atoms with Crippen molar-refractivity contribution in [2.75, 3.05) is 10.3 Å². The van der Waals surface area contributed by atoms with Crippen LogP contribution in [0.1, 0.15) is 43.7 Å². The van der Waals surface area contributed by atoms with Gasteiger partial charge in [0, 0.05) is 18.5 Å². The molecule has 3 rings (SSSR count). The molecule has 0 radical (unpaired) electrons. The van der Waals surface area contributed by atoms with Gasteiger partial charge in [0.05, 0.1) is 5.69 Å². The third-order valence-corrected chi connectivity index (χ3v) is 4.41. The molecule has 134 valence electrons. The SMILES string of the molecule is Cc1ccc(N2N=C(C(=O)Nc3ccc(C(C)C)cc3)CCC2=O)cc1. The van der Waals surface area contributed by atoms with Crippen LogP contribution in [0.5, 0.6) is 0 Å². The molecule has 1 aliphatic rings. The van der Waals surface area contributed by atoms with E-state index < -0.39 is 0 Å². The summed E-state index contributed by atoms with van der Waals surface area (Å²) in [5.74, 6) is 0.0650. The summed E-state index contributed by atoms with van der Waals surface area (Å²) in [5, 5.41) is 8.48. The average molecular weight is 349 g/mol. The molecule has 0 unspecified atom stereocenters. The smallest absolute Gasteiger partial charge is 0.271 e. The highest BCUT2D eigenvalue weighted by atomic mass is 16.2. The van der Waals surface area contributed by atoms with Gasteiger partial charge in [-0.05, 0) is 42.7 Å². The van der Waals surface area contributed by atoms with Crippen LogP contribution in [0.2, 0.25) is 0 Å². The van der Waals surface area contributed by atoms with E-state index in [0.717, 1.165) is 11.3 Å². The molecule has 5 heteroatoms. The number of hydrogen-bond acceptors (Lipinski definition) is 3. The van der Waals surface area contributed by atoms with Crippen molar-refractivity contribution in [1.82, 2.24) is 0 Å². The molecule has 0 fully saturated rings. The second-order valence-electron chi connectivity index (χ2n) is 6.82. The lowest BCUT2D eigenvalue weighted by Gasteiger charge is -2.23. The summed E-state index contributed by atoms with van der Waals surface area (Å²) >= 11 is 0. The summed E-state index contributed by atoms with van der Waals surface area (Å²) < 4.78 is 0. The first-order chi connectivity index (χ1) is 12.4. The number of nitrogens with zero attached hydrogens (tertiary/aromatic N) is 2. The Balaban J connectivity index is 1.76. The summed E-state index contributed by atoms with van der Waals surface area (Å²) in [7, 11) is 0. The summed E-state index contributed by atoms with van der Waals surface area (Å²) in [4.78, 5) is 24.7. The lowest BCUT2D eigenvalue weighted by atomic mass is 10.0. The number of amides is 2. The first kappa shape index (κ1) is 17.9. The first-order valence-corrected chi connectivity index (χ1v) is 8.82. The van der Waals surface area contributed by atoms with Crippen molar-refractivity contribution < 1.29 is 9.59 Å². The number of hydrazone groups is 1. The molecule has 0 bridgehead atoms. The molecule has 2 aromatic rings. The Morgan fingerprint density at radius 1 is 1.04 bits per heavy atom. The number of carbonyl (C=O) groups is 2. The van der Waals surface area contributed by atoms with Crippen LogP contribution >= 0.6 is 0 Å². The summed E-state index contributed by atoms with van der Waals surface area (Å²) in [6.45, 7) is 6.23. The van der Waals surface area contributed by atoms with E-state index in [4.69, 9.17) is 0 Å². The zero-order valence-corrected chi connectivity index (χ0v) is 15.3. The molecule has 1 N–H and O–H groups in total. The fourth-order valence-electron chi connectivity index (χ4n) is 2.76. The molecule has 1 heterocycles. The van der Waals surface area contributed by atoms with Crippen molar-refractivity contribution >= 4 is 28.9 Å². The van der Waals surface area contributed by atoms with Crippen molar-refractivity contribution in [2.24, 2.45) is 5.10 Å². The van der Waals surface area contributed by atoms with Gasteiger partial charge in [0.1, 0.15) is 5.71 Å². The molecular formula is C21H23N3O2. The molecular weight excluding hydrogens is 326 g/mol. The van der Waals surface area contributed by atoms with Crippen molar-refractivity contribution in [1.29, 1.82) is 0 Å². The topological polar surface area (TPSA) is 61.8 Å². The van der Waals surface area contributed by atoms with Gasteiger partial charge in [-0.15, -0.1) is 0 Å². The predicted molar refractivity (Wildman–Crippen MR) is 104 cm³/mol. The highest BCUT2D eigenvalue weighted by Gasteiger charge is 2.25. The van der Waals surface area contributed by atoms with Crippen molar-refractivity contribution in [3.05, 3.63) is 59.7 Å². The molecule has 0 saturated carbocycles. The molecule has 2 amide bonds. The third kappa shape index (κ3) is 3.99. The van der Waals surface area contributed by atoms with Gasteiger partial charge < -0.3 is 5.32 Å². The van der Waals surface area contributed by atoms with Gasteiger partial charge >= 0.3 is 0 Å². The van der Waals surface area contributed by atoms with E-state index in [0.29, 0.717) is 23.7 Å². The fourth-order valence-corrected chi connectivity index (χ4v) is 2.76. The van der Waals surface area contributed by atoms with Crippen LogP contribution in [0, 0.1) is 6.92 Å². The van der Waals surface area contributed by atoms with Crippen molar-refractivity contribution in [2.45, 2.75) is 39.5 Å². The van der Waals surface area contributed by atoms with E-state index in [1.807, 2.05) is 55.5 Å². The van der Waals surface area contributed by atoms with E-state index >= 15 is 0 Å². The number of anilines is 2. The van der Waals surface area contributed by atoms with Crippen molar-refractivity contribution in [3.63, 3.8) is 0 Å². The minimum atomic E-state index is -0.271. The zero-order valence-electron chi connectivity index (χ0n) is 15.3. The average Bonchev–Trinajstić information content (AvgIpc) is 2.63. The molecule has 0 atom stereocenters. The largest absolute Gasteiger partial charge is 0.321 e. The highest BCUT2D eigenvalue weighted by molar-refractivity contribution is 6.44. The minimum absolute atomic E-state index is 0.105. The quantitative estimate of drug-likeness (QED) is 0.897. The molecule has 0 spiro atoms. The Bertz CT molecular complexity index is 837. The van der Waals surface area contributed by atoms with Crippen LogP contribution < -0.4 is 10.3 Å². The molecule has 0 saturated heterocycles. The Hall–Kier alpha value is -2.95. The van der Waals surface area contributed by atoms with Gasteiger partial charge in [-0.25, -0.2) is 5.01 Å². The number of carbonyl (C=O) groups excluding carboxylic acids is 2. The summed E-state index contributed by atoms with van der Waals surface area (Å²) in [6, 6.07) is 15.3. The molecule has 5 nitrogen and oxygen atoms in total. The maximum Gasteiger partial charge on any atom is 0.271 e. The van der Waals surface area contributed by atoms with E-state index in [-0.39, 0.29) is 18.2 Å². The molecule has 1 aliphatic heterocycles. The van der Waals surface area contributed by atoms with Gasteiger partial charge in [-0.1, -0.05) is 43.7 Å². The molecule has 0 aromatic heterocycles. The Morgan fingerprint density at radius 3 is 2.31 bits per heavy atom. The Morgan fingerprint density at radius 2 is 1.69 bits per heavy atom. The predicted octanol–water partition coefficient (Wildman–Crippen LogP) is 4.24. The number of benzene rings is 2. The van der Waals surface area contributed by atoms with Gasteiger partial charge in [-0.2, -0.15) is 5.10 Å². The second-order valence-corrected chi connectivity index (χ2v) is 6.82. The normalized spacial score (nSPS) is 14.4. The number of aryl methyl sites for hydroxylation is 1. The third-order valence-electron chi connectivity index (χ3n) is 4.41. The van der Waals surface area contributed by atoms with Gasteiger partial charge in [0.15, 0.2) is 0 Å². The van der Waals surface area contributed by atoms with E-state index in [1.54, 1.807) is 0 Å².